The molecule has 200 valence electrons. The lowest BCUT2D eigenvalue weighted by Gasteiger charge is -2.28. The Balaban J connectivity index is 2.20. The molecule has 0 radical (unpaired) electrons. The number of aliphatic carboxylic acids is 1. The molecule has 0 saturated carbocycles. The van der Waals surface area contributed by atoms with Crippen molar-refractivity contribution < 1.29 is 34.5 Å². The summed E-state index contributed by atoms with van der Waals surface area (Å²) in [6, 6.07) is 8.64. The van der Waals surface area contributed by atoms with Crippen LogP contribution in [0.1, 0.15) is 31.4 Å². The molecule has 3 amide bonds. The SMILES string of the molecule is CCC(C)C(NC(=O)C(Cc1ccc(O)cc1)NC(=O)CN)C(=O)NC(Cc1ccc(O)cc1)C(=O)O. The number of carbonyl (C=O) groups excluding carboxylic acids is 3. The molecule has 0 saturated heterocycles. The molecule has 0 bridgehead atoms. The van der Waals surface area contributed by atoms with Gasteiger partial charge in [0.05, 0.1) is 6.54 Å². The number of rotatable bonds is 13. The number of hydrogen-bond donors (Lipinski definition) is 7. The molecule has 11 heteroatoms. The van der Waals surface area contributed by atoms with Gasteiger partial charge in [0.2, 0.25) is 17.7 Å². The molecule has 2 rings (SSSR count). The summed E-state index contributed by atoms with van der Waals surface area (Å²) in [6.45, 7) is 3.23. The molecule has 0 spiro atoms. The van der Waals surface area contributed by atoms with E-state index in [0.717, 1.165) is 0 Å². The highest BCUT2D eigenvalue weighted by molar-refractivity contribution is 5.94. The van der Waals surface area contributed by atoms with E-state index in [4.69, 9.17) is 5.73 Å². The van der Waals surface area contributed by atoms with Gasteiger partial charge in [-0.2, -0.15) is 0 Å². The summed E-state index contributed by atoms with van der Waals surface area (Å²) in [6.07, 6.45) is 0.551. The third-order valence-corrected chi connectivity index (χ3v) is 6.00. The monoisotopic (exact) mass is 514 g/mol. The fraction of sp³-hybridized carbons (Fsp3) is 0.385. The summed E-state index contributed by atoms with van der Waals surface area (Å²) in [5, 5.41) is 36.3. The van der Waals surface area contributed by atoms with Crippen molar-refractivity contribution in [2.24, 2.45) is 11.7 Å². The Hall–Kier alpha value is -4.12. The summed E-state index contributed by atoms with van der Waals surface area (Å²) in [5.74, 6) is -3.42. The number of aromatic hydroxyl groups is 2. The number of phenols is 2. The van der Waals surface area contributed by atoms with Crippen molar-refractivity contribution in [1.29, 1.82) is 0 Å². The van der Waals surface area contributed by atoms with E-state index in [1.54, 1.807) is 31.2 Å². The molecule has 2 aromatic carbocycles. The van der Waals surface area contributed by atoms with Crippen molar-refractivity contribution in [2.45, 2.75) is 51.2 Å². The first-order valence-corrected chi connectivity index (χ1v) is 11.9. The molecule has 4 unspecified atom stereocenters. The molecule has 0 heterocycles. The van der Waals surface area contributed by atoms with Crippen LogP contribution in [0.25, 0.3) is 0 Å². The van der Waals surface area contributed by atoms with E-state index < -0.39 is 41.8 Å². The zero-order chi connectivity index (χ0) is 27.5. The highest BCUT2D eigenvalue weighted by Gasteiger charge is 2.32. The van der Waals surface area contributed by atoms with Crippen LogP contribution >= 0.6 is 0 Å². The van der Waals surface area contributed by atoms with Crippen LogP contribution in [0, 0.1) is 5.92 Å². The average molecular weight is 515 g/mol. The number of carboxylic acids is 1. The normalized spacial score (nSPS) is 14.0. The Morgan fingerprint density at radius 2 is 1.27 bits per heavy atom. The van der Waals surface area contributed by atoms with Crippen molar-refractivity contribution in [3.05, 3.63) is 59.7 Å². The third-order valence-electron chi connectivity index (χ3n) is 6.00. The van der Waals surface area contributed by atoms with Crippen LogP contribution in [0.5, 0.6) is 11.5 Å². The summed E-state index contributed by atoms with van der Waals surface area (Å²) < 4.78 is 0. The Morgan fingerprint density at radius 1 is 0.784 bits per heavy atom. The fourth-order valence-electron chi connectivity index (χ4n) is 3.62. The Labute approximate surface area is 215 Å². The summed E-state index contributed by atoms with van der Waals surface area (Å²) in [4.78, 5) is 50.2. The summed E-state index contributed by atoms with van der Waals surface area (Å²) >= 11 is 0. The number of phenolic OH excluding ortho intramolecular Hbond substituents is 2. The number of nitrogens with two attached hydrogens (primary N) is 1. The van der Waals surface area contributed by atoms with Gasteiger partial charge in [0, 0.05) is 12.8 Å². The first kappa shape index (κ1) is 29.1. The Morgan fingerprint density at radius 3 is 1.70 bits per heavy atom. The minimum absolute atomic E-state index is 0.0292. The van der Waals surface area contributed by atoms with Crippen molar-refractivity contribution in [3.8, 4) is 11.5 Å². The molecule has 0 fully saturated rings. The maximum absolute atomic E-state index is 13.2. The molecule has 37 heavy (non-hydrogen) atoms. The van der Waals surface area contributed by atoms with Gasteiger partial charge in [0.1, 0.15) is 29.6 Å². The summed E-state index contributed by atoms with van der Waals surface area (Å²) in [5.41, 5.74) is 6.64. The number of benzene rings is 2. The molecule has 8 N–H and O–H groups in total. The number of carbonyl (C=O) groups is 4. The fourth-order valence-corrected chi connectivity index (χ4v) is 3.62. The second-order valence-corrected chi connectivity index (χ2v) is 8.84. The standard InChI is InChI=1S/C26H34N4O7/c1-3-15(2)23(25(35)29-21(26(36)37)13-17-6-10-19(32)11-7-17)30-24(34)20(28-22(33)14-27)12-16-4-8-18(31)9-5-16/h4-11,15,20-21,23,31-32H,3,12-14,27H2,1-2H3,(H,28,33)(H,29,35)(H,30,34)(H,36,37). The van der Waals surface area contributed by atoms with Gasteiger partial charge in [-0.15, -0.1) is 0 Å². The maximum atomic E-state index is 13.2. The molecule has 0 aliphatic heterocycles. The van der Waals surface area contributed by atoms with Crippen LogP contribution in [-0.2, 0) is 32.0 Å². The Kier molecular flexibility index (Phi) is 10.9. The highest BCUT2D eigenvalue weighted by atomic mass is 16.4. The van der Waals surface area contributed by atoms with E-state index in [1.807, 2.05) is 6.92 Å². The van der Waals surface area contributed by atoms with Gasteiger partial charge < -0.3 is 37.0 Å². The minimum Gasteiger partial charge on any atom is -0.508 e. The lowest BCUT2D eigenvalue weighted by Crippen LogP contribution is -2.58. The molecule has 4 atom stereocenters. The second kappa shape index (κ2) is 13.8. The van der Waals surface area contributed by atoms with Crippen molar-refractivity contribution in [1.82, 2.24) is 16.0 Å². The molecule has 11 nitrogen and oxygen atoms in total. The average Bonchev–Trinajstić information content (AvgIpc) is 2.88. The van der Waals surface area contributed by atoms with Gasteiger partial charge >= 0.3 is 5.97 Å². The van der Waals surface area contributed by atoms with E-state index >= 15 is 0 Å². The van der Waals surface area contributed by atoms with Crippen LogP contribution < -0.4 is 21.7 Å². The van der Waals surface area contributed by atoms with Gasteiger partial charge in [0.25, 0.3) is 0 Å². The van der Waals surface area contributed by atoms with Gasteiger partial charge in [-0.05, 0) is 41.3 Å². The minimum atomic E-state index is -1.27. The van der Waals surface area contributed by atoms with Crippen LogP contribution in [0.15, 0.2) is 48.5 Å². The molecular formula is C26H34N4O7. The molecular weight excluding hydrogens is 480 g/mol. The second-order valence-electron chi connectivity index (χ2n) is 8.84. The van der Waals surface area contributed by atoms with E-state index in [0.29, 0.717) is 17.5 Å². The van der Waals surface area contributed by atoms with Gasteiger partial charge in [-0.25, -0.2) is 4.79 Å². The quantitative estimate of drug-likeness (QED) is 0.200. The van der Waals surface area contributed by atoms with Crippen LogP contribution in [-0.4, -0.2) is 63.7 Å². The van der Waals surface area contributed by atoms with Crippen LogP contribution in [0.4, 0.5) is 0 Å². The molecule has 2 aromatic rings. The van der Waals surface area contributed by atoms with Crippen molar-refractivity contribution in [3.63, 3.8) is 0 Å². The van der Waals surface area contributed by atoms with Crippen LogP contribution in [0.3, 0.4) is 0 Å². The van der Waals surface area contributed by atoms with Gasteiger partial charge in [0.15, 0.2) is 0 Å². The lowest BCUT2D eigenvalue weighted by molar-refractivity contribution is -0.142. The number of amides is 3. The van der Waals surface area contributed by atoms with Crippen molar-refractivity contribution in [2.75, 3.05) is 6.54 Å². The third kappa shape index (κ3) is 9.12. The molecule has 0 aromatic heterocycles. The topological polar surface area (TPSA) is 191 Å². The number of nitrogens with one attached hydrogen (secondary N) is 3. The van der Waals surface area contributed by atoms with E-state index in [2.05, 4.69) is 16.0 Å². The first-order chi connectivity index (χ1) is 17.5. The maximum Gasteiger partial charge on any atom is 0.326 e. The van der Waals surface area contributed by atoms with E-state index in [1.165, 1.54) is 24.3 Å². The lowest BCUT2D eigenvalue weighted by atomic mass is 9.96. The summed E-state index contributed by atoms with van der Waals surface area (Å²) in [7, 11) is 0. The largest absolute Gasteiger partial charge is 0.508 e. The van der Waals surface area contributed by atoms with Crippen molar-refractivity contribution >= 4 is 23.7 Å². The molecule has 0 aliphatic carbocycles. The van der Waals surface area contributed by atoms with Crippen LogP contribution in [0.2, 0.25) is 0 Å². The zero-order valence-electron chi connectivity index (χ0n) is 20.8. The predicted molar refractivity (Wildman–Crippen MR) is 136 cm³/mol. The number of hydrogen-bond acceptors (Lipinski definition) is 7. The van der Waals surface area contributed by atoms with E-state index in [9.17, 15) is 34.5 Å². The highest BCUT2D eigenvalue weighted by Crippen LogP contribution is 2.15. The first-order valence-electron chi connectivity index (χ1n) is 11.9. The van der Waals surface area contributed by atoms with E-state index in [-0.39, 0.29) is 36.8 Å². The number of carboxylic acid groups (broad SMARTS) is 1. The van der Waals surface area contributed by atoms with Gasteiger partial charge in [-0.3, -0.25) is 14.4 Å². The van der Waals surface area contributed by atoms with Gasteiger partial charge in [-0.1, -0.05) is 44.5 Å². The zero-order valence-corrected chi connectivity index (χ0v) is 20.8. The smallest absolute Gasteiger partial charge is 0.326 e. The molecule has 0 aliphatic rings. The predicted octanol–water partition coefficient (Wildman–Crippen LogP) is 0.427. The Bertz CT molecular complexity index is 1070.